The number of nitriles is 1. The highest BCUT2D eigenvalue weighted by atomic mass is 32.2. The first-order chi connectivity index (χ1) is 7.46. The summed E-state index contributed by atoms with van der Waals surface area (Å²) in [5, 5.41) is 11.9. The van der Waals surface area contributed by atoms with Crippen LogP contribution in [0.25, 0.3) is 0 Å². The second-order valence-electron chi connectivity index (χ2n) is 4.88. The largest absolute Gasteiger partial charge is 0.353 e. The molecule has 1 N–H and O–H groups in total. The van der Waals surface area contributed by atoms with E-state index in [4.69, 9.17) is 5.26 Å². The second kappa shape index (κ2) is 5.09. The van der Waals surface area contributed by atoms with Crippen molar-refractivity contribution in [2.75, 3.05) is 12.3 Å². The van der Waals surface area contributed by atoms with Crippen LogP contribution in [-0.4, -0.2) is 23.0 Å². The summed E-state index contributed by atoms with van der Waals surface area (Å²) in [6.07, 6.45) is 2.92. The molecular formula is C12H20N2OS. The van der Waals surface area contributed by atoms with Crippen LogP contribution in [0.5, 0.6) is 0 Å². The molecule has 2 unspecified atom stereocenters. The third kappa shape index (κ3) is 2.91. The van der Waals surface area contributed by atoms with Gasteiger partial charge in [0.25, 0.3) is 0 Å². The van der Waals surface area contributed by atoms with Crippen LogP contribution in [0.3, 0.4) is 0 Å². The molecule has 0 aliphatic carbocycles. The first kappa shape index (κ1) is 13.4. The Morgan fingerprint density at radius 2 is 2.38 bits per heavy atom. The van der Waals surface area contributed by atoms with Crippen molar-refractivity contribution in [1.82, 2.24) is 5.32 Å². The van der Waals surface area contributed by atoms with E-state index in [0.29, 0.717) is 13.0 Å². The molecule has 3 nitrogen and oxygen atoms in total. The first-order valence-electron chi connectivity index (χ1n) is 5.79. The van der Waals surface area contributed by atoms with Crippen molar-refractivity contribution in [2.45, 2.75) is 44.8 Å². The van der Waals surface area contributed by atoms with Gasteiger partial charge in [0.15, 0.2) is 0 Å². The summed E-state index contributed by atoms with van der Waals surface area (Å²) in [5.41, 5.74) is -0.875. The van der Waals surface area contributed by atoms with Gasteiger partial charge in [-0.05, 0) is 38.9 Å². The number of nitrogens with one attached hydrogen (secondary N) is 1. The fourth-order valence-electron chi connectivity index (χ4n) is 1.73. The van der Waals surface area contributed by atoms with Crippen molar-refractivity contribution in [3.63, 3.8) is 0 Å². The number of nitrogens with zero attached hydrogens (tertiary/aromatic N) is 1. The number of hydrogen-bond donors (Lipinski definition) is 1. The summed E-state index contributed by atoms with van der Waals surface area (Å²) in [4.78, 5) is 11.9. The van der Waals surface area contributed by atoms with Crippen molar-refractivity contribution in [2.24, 2.45) is 5.41 Å². The lowest BCUT2D eigenvalue weighted by Gasteiger charge is -2.26. The Morgan fingerprint density at radius 1 is 1.69 bits per heavy atom. The van der Waals surface area contributed by atoms with Crippen LogP contribution in [0.1, 0.15) is 40.0 Å². The fraction of sp³-hybridized carbons (Fsp3) is 0.833. The van der Waals surface area contributed by atoms with Gasteiger partial charge >= 0.3 is 0 Å². The lowest BCUT2D eigenvalue weighted by Crippen LogP contribution is -2.43. The fourth-order valence-corrected chi connectivity index (χ4v) is 2.97. The SMILES string of the molecule is CCC(C)(C#N)C(=O)NCC1(C)CCCS1. The number of amides is 1. The number of carbonyl (C=O) groups is 1. The summed E-state index contributed by atoms with van der Waals surface area (Å²) in [6.45, 7) is 6.43. The molecule has 1 saturated heterocycles. The molecule has 1 amide bonds. The third-order valence-corrected chi connectivity index (χ3v) is 4.92. The Morgan fingerprint density at radius 3 is 2.81 bits per heavy atom. The zero-order valence-corrected chi connectivity index (χ0v) is 11.1. The molecule has 0 spiro atoms. The van der Waals surface area contributed by atoms with Gasteiger partial charge in [0.1, 0.15) is 5.41 Å². The van der Waals surface area contributed by atoms with Crippen LogP contribution in [-0.2, 0) is 4.79 Å². The van der Waals surface area contributed by atoms with E-state index in [0.717, 1.165) is 6.42 Å². The zero-order chi connectivity index (χ0) is 12.2. The molecule has 0 aromatic heterocycles. The molecule has 90 valence electrons. The molecule has 1 rings (SSSR count). The molecule has 1 fully saturated rings. The summed E-state index contributed by atoms with van der Waals surface area (Å²) in [7, 11) is 0. The Hall–Kier alpha value is -0.690. The molecule has 16 heavy (non-hydrogen) atoms. The normalized spacial score (nSPS) is 28.1. The standard InChI is InChI=1S/C12H20N2OS/c1-4-11(2,8-13)10(15)14-9-12(3)6-5-7-16-12/h4-7,9H2,1-3H3,(H,14,15). The minimum absolute atomic E-state index is 0.133. The van der Waals surface area contributed by atoms with Crippen LogP contribution in [0.2, 0.25) is 0 Å². The van der Waals surface area contributed by atoms with E-state index in [1.807, 2.05) is 18.7 Å². The minimum atomic E-state index is -0.875. The highest BCUT2D eigenvalue weighted by Crippen LogP contribution is 2.37. The average Bonchev–Trinajstić information content (AvgIpc) is 2.72. The quantitative estimate of drug-likeness (QED) is 0.820. The van der Waals surface area contributed by atoms with Crippen molar-refractivity contribution < 1.29 is 4.79 Å². The van der Waals surface area contributed by atoms with E-state index in [1.165, 1.54) is 12.2 Å². The maximum absolute atomic E-state index is 11.9. The average molecular weight is 240 g/mol. The van der Waals surface area contributed by atoms with E-state index in [2.05, 4.69) is 18.3 Å². The van der Waals surface area contributed by atoms with Crippen LogP contribution in [0, 0.1) is 16.7 Å². The van der Waals surface area contributed by atoms with Gasteiger partial charge in [0.05, 0.1) is 6.07 Å². The summed E-state index contributed by atoms with van der Waals surface area (Å²) in [6, 6.07) is 2.10. The summed E-state index contributed by atoms with van der Waals surface area (Å²) in [5.74, 6) is 1.04. The predicted molar refractivity (Wildman–Crippen MR) is 67.1 cm³/mol. The second-order valence-corrected chi connectivity index (χ2v) is 6.56. The Bertz CT molecular complexity index is 305. The van der Waals surface area contributed by atoms with E-state index in [9.17, 15) is 4.79 Å². The van der Waals surface area contributed by atoms with Gasteiger partial charge in [-0.15, -0.1) is 0 Å². The molecule has 1 aliphatic rings. The van der Waals surface area contributed by atoms with Crippen LogP contribution < -0.4 is 5.32 Å². The van der Waals surface area contributed by atoms with E-state index in [-0.39, 0.29) is 10.7 Å². The predicted octanol–water partition coefficient (Wildman–Crippen LogP) is 2.33. The van der Waals surface area contributed by atoms with E-state index >= 15 is 0 Å². The topological polar surface area (TPSA) is 52.9 Å². The van der Waals surface area contributed by atoms with Gasteiger partial charge < -0.3 is 5.32 Å². The Kier molecular flexibility index (Phi) is 4.26. The Labute approximate surface area is 102 Å². The van der Waals surface area contributed by atoms with Crippen molar-refractivity contribution in [3.05, 3.63) is 0 Å². The monoisotopic (exact) mass is 240 g/mol. The lowest BCUT2D eigenvalue weighted by molar-refractivity contribution is -0.127. The highest BCUT2D eigenvalue weighted by Gasteiger charge is 2.34. The minimum Gasteiger partial charge on any atom is -0.353 e. The number of rotatable bonds is 4. The van der Waals surface area contributed by atoms with E-state index in [1.54, 1.807) is 6.92 Å². The molecule has 0 saturated carbocycles. The molecular weight excluding hydrogens is 220 g/mol. The molecule has 0 aromatic carbocycles. The maximum Gasteiger partial charge on any atom is 0.240 e. The van der Waals surface area contributed by atoms with Crippen LogP contribution in [0.15, 0.2) is 0 Å². The lowest BCUT2D eigenvalue weighted by atomic mass is 9.88. The molecule has 1 heterocycles. The molecule has 0 aromatic rings. The van der Waals surface area contributed by atoms with Gasteiger partial charge in [-0.3, -0.25) is 4.79 Å². The molecule has 2 atom stereocenters. The molecule has 0 radical (unpaired) electrons. The van der Waals surface area contributed by atoms with Crippen molar-refractivity contribution in [3.8, 4) is 6.07 Å². The molecule has 4 heteroatoms. The highest BCUT2D eigenvalue weighted by molar-refractivity contribution is 8.00. The summed E-state index contributed by atoms with van der Waals surface area (Å²) >= 11 is 1.91. The van der Waals surface area contributed by atoms with Crippen molar-refractivity contribution >= 4 is 17.7 Å². The molecule has 0 bridgehead atoms. The zero-order valence-electron chi connectivity index (χ0n) is 10.3. The van der Waals surface area contributed by atoms with E-state index < -0.39 is 5.41 Å². The van der Waals surface area contributed by atoms with Gasteiger partial charge in [-0.25, -0.2) is 0 Å². The van der Waals surface area contributed by atoms with Gasteiger partial charge in [0.2, 0.25) is 5.91 Å². The van der Waals surface area contributed by atoms with Crippen LogP contribution in [0.4, 0.5) is 0 Å². The number of carbonyl (C=O) groups excluding carboxylic acids is 1. The first-order valence-corrected chi connectivity index (χ1v) is 6.78. The van der Waals surface area contributed by atoms with Gasteiger partial charge in [-0.2, -0.15) is 17.0 Å². The summed E-state index contributed by atoms with van der Waals surface area (Å²) < 4.78 is 0.166. The van der Waals surface area contributed by atoms with Crippen LogP contribution >= 0.6 is 11.8 Å². The van der Waals surface area contributed by atoms with Gasteiger partial charge in [0, 0.05) is 11.3 Å². The maximum atomic E-state index is 11.9. The molecule has 1 aliphatic heterocycles. The Balaban J connectivity index is 2.50. The number of thioether (sulfide) groups is 1. The van der Waals surface area contributed by atoms with Gasteiger partial charge in [-0.1, -0.05) is 6.92 Å². The van der Waals surface area contributed by atoms with Crippen molar-refractivity contribution in [1.29, 1.82) is 5.26 Å². The third-order valence-electron chi connectivity index (χ3n) is 3.38. The number of hydrogen-bond acceptors (Lipinski definition) is 3. The smallest absolute Gasteiger partial charge is 0.240 e.